The van der Waals surface area contributed by atoms with Gasteiger partial charge < -0.3 is 9.88 Å². The van der Waals surface area contributed by atoms with Crippen LogP contribution in [0.4, 0.5) is 11.4 Å². The second-order valence-corrected chi connectivity index (χ2v) is 9.03. The molecule has 162 valence electrons. The van der Waals surface area contributed by atoms with E-state index in [0.29, 0.717) is 10.9 Å². The van der Waals surface area contributed by atoms with E-state index in [1.165, 1.54) is 41.1 Å². The summed E-state index contributed by atoms with van der Waals surface area (Å²) in [6.45, 7) is 2.06. The largest absolute Gasteiger partial charge is 0.324 e. The average molecular weight is 478 g/mol. The summed E-state index contributed by atoms with van der Waals surface area (Å²) in [6.07, 6.45) is 0. The molecule has 0 aliphatic heterocycles. The predicted molar refractivity (Wildman–Crippen MR) is 125 cm³/mol. The molecule has 2 aromatic carbocycles. The predicted octanol–water partition coefficient (Wildman–Crippen LogP) is 4.85. The zero-order valence-electron chi connectivity index (χ0n) is 16.9. The molecule has 3 aromatic rings. The Morgan fingerprint density at radius 2 is 1.94 bits per heavy atom. The van der Waals surface area contributed by atoms with E-state index < -0.39 is 4.92 Å². The number of carbonyl (C=O) groups is 1. The van der Waals surface area contributed by atoms with E-state index in [4.69, 9.17) is 11.6 Å². The summed E-state index contributed by atoms with van der Waals surface area (Å²) in [5.41, 5.74) is 2.55. The number of nitro groups is 1. The van der Waals surface area contributed by atoms with Crippen LogP contribution in [-0.2, 0) is 23.3 Å². The minimum absolute atomic E-state index is 0.0709. The molecule has 8 nitrogen and oxygen atoms in total. The smallest absolute Gasteiger partial charge is 0.271 e. The first-order valence-electron chi connectivity index (χ1n) is 9.21. The van der Waals surface area contributed by atoms with Gasteiger partial charge in [0.05, 0.1) is 27.1 Å². The van der Waals surface area contributed by atoms with Crippen molar-refractivity contribution in [1.82, 2.24) is 14.8 Å². The third kappa shape index (κ3) is 6.46. The van der Waals surface area contributed by atoms with Gasteiger partial charge in [-0.05, 0) is 18.6 Å². The molecule has 0 saturated carbocycles. The molecule has 0 unspecified atom stereocenters. The third-order valence-electron chi connectivity index (χ3n) is 4.31. The van der Waals surface area contributed by atoms with Crippen LogP contribution in [0, 0.1) is 17.0 Å². The van der Waals surface area contributed by atoms with Crippen LogP contribution in [0.2, 0.25) is 5.02 Å². The van der Waals surface area contributed by atoms with Crippen LogP contribution in [0.3, 0.4) is 0 Å². The molecular weight excluding hydrogens is 458 g/mol. The molecule has 1 amide bonds. The Balaban J connectivity index is 1.51. The normalized spacial score (nSPS) is 10.8. The number of hydrogen-bond acceptors (Lipinski definition) is 7. The number of anilines is 1. The van der Waals surface area contributed by atoms with E-state index in [1.54, 1.807) is 11.8 Å². The second-order valence-electron chi connectivity index (χ2n) is 6.69. The van der Waals surface area contributed by atoms with Crippen molar-refractivity contribution in [2.24, 2.45) is 7.05 Å². The number of benzene rings is 2. The lowest BCUT2D eigenvalue weighted by Gasteiger charge is -2.07. The molecule has 0 bridgehead atoms. The Morgan fingerprint density at radius 3 is 2.65 bits per heavy atom. The SMILES string of the molecule is Cc1ccc(CSCc2nnc(SCC(=O)Nc3cc([N+](=O)[O-])ccc3Cl)n2C)cc1. The van der Waals surface area contributed by atoms with Crippen molar-refractivity contribution >= 4 is 52.4 Å². The minimum atomic E-state index is -0.543. The fraction of sp³-hybridized carbons (Fsp3) is 0.250. The molecule has 0 saturated heterocycles. The zero-order chi connectivity index (χ0) is 22.4. The number of nitro benzene ring substituents is 1. The summed E-state index contributed by atoms with van der Waals surface area (Å²) in [5, 5.41) is 22.7. The van der Waals surface area contributed by atoms with Gasteiger partial charge in [-0.2, -0.15) is 0 Å². The third-order valence-corrected chi connectivity index (χ3v) is 6.66. The lowest BCUT2D eigenvalue weighted by atomic mass is 10.2. The van der Waals surface area contributed by atoms with Crippen LogP contribution in [0.25, 0.3) is 0 Å². The summed E-state index contributed by atoms with van der Waals surface area (Å²) >= 11 is 8.99. The number of amides is 1. The molecule has 3 rings (SSSR count). The average Bonchev–Trinajstić information content (AvgIpc) is 3.09. The first-order chi connectivity index (χ1) is 14.8. The second kappa shape index (κ2) is 10.7. The standard InChI is InChI=1S/C20H20ClN5O3S2/c1-13-3-5-14(6-4-13)10-30-11-18-23-24-20(25(18)2)31-12-19(27)22-17-9-15(26(28)29)7-8-16(17)21/h3-9H,10-12H2,1-2H3,(H,22,27). The van der Waals surface area contributed by atoms with Crippen molar-refractivity contribution in [3.63, 3.8) is 0 Å². The molecule has 31 heavy (non-hydrogen) atoms. The summed E-state index contributed by atoms with van der Waals surface area (Å²) in [5.74, 6) is 2.13. The van der Waals surface area contributed by atoms with Crippen molar-refractivity contribution in [1.29, 1.82) is 0 Å². The number of halogens is 1. The molecule has 0 aliphatic rings. The van der Waals surface area contributed by atoms with Crippen LogP contribution in [0.15, 0.2) is 47.6 Å². The number of nitrogens with one attached hydrogen (secondary N) is 1. The molecule has 0 spiro atoms. The van der Waals surface area contributed by atoms with E-state index >= 15 is 0 Å². The molecule has 0 aliphatic carbocycles. The van der Waals surface area contributed by atoms with Crippen molar-refractivity contribution in [3.05, 3.63) is 74.6 Å². The van der Waals surface area contributed by atoms with Gasteiger partial charge in [0, 0.05) is 24.9 Å². The summed E-state index contributed by atoms with van der Waals surface area (Å²) in [4.78, 5) is 22.6. The molecule has 11 heteroatoms. The number of thioether (sulfide) groups is 2. The highest BCUT2D eigenvalue weighted by Gasteiger charge is 2.15. The lowest BCUT2D eigenvalue weighted by molar-refractivity contribution is -0.384. The van der Waals surface area contributed by atoms with Gasteiger partial charge in [-0.25, -0.2) is 0 Å². The monoisotopic (exact) mass is 477 g/mol. The number of carbonyl (C=O) groups excluding carboxylic acids is 1. The number of aryl methyl sites for hydroxylation is 1. The van der Waals surface area contributed by atoms with Gasteiger partial charge in [0.2, 0.25) is 5.91 Å². The van der Waals surface area contributed by atoms with Gasteiger partial charge in [0.1, 0.15) is 5.82 Å². The van der Waals surface area contributed by atoms with Gasteiger partial charge >= 0.3 is 0 Å². The number of non-ortho nitro benzene ring substituents is 1. The summed E-state index contributed by atoms with van der Waals surface area (Å²) in [6, 6.07) is 12.3. The maximum atomic E-state index is 12.3. The van der Waals surface area contributed by atoms with E-state index in [1.807, 2.05) is 11.6 Å². The Morgan fingerprint density at radius 1 is 1.19 bits per heavy atom. The maximum Gasteiger partial charge on any atom is 0.271 e. The Bertz CT molecular complexity index is 1090. The van der Waals surface area contributed by atoms with Crippen molar-refractivity contribution in [3.8, 4) is 0 Å². The number of rotatable bonds is 9. The molecule has 1 aromatic heterocycles. The van der Waals surface area contributed by atoms with Crippen LogP contribution in [0.5, 0.6) is 0 Å². The molecule has 0 radical (unpaired) electrons. The molecule has 1 N–H and O–H groups in total. The fourth-order valence-electron chi connectivity index (χ4n) is 2.58. The molecule has 1 heterocycles. The van der Waals surface area contributed by atoms with Crippen LogP contribution in [-0.4, -0.2) is 31.3 Å². The topological polar surface area (TPSA) is 103 Å². The van der Waals surface area contributed by atoms with Crippen LogP contribution >= 0.6 is 35.1 Å². The minimum Gasteiger partial charge on any atom is -0.324 e. The first kappa shape index (κ1) is 23.1. The summed E-state index contributed by atoms with van der Waals surface area (Å²) < 4.78 is 1.86. The van der Waals surface area contributed by atoms with Gasteiger partial charge in [-0.1, -0.05) is 53.2 Å². The highest BCUT2D eigenvalue weighted by Crippen LogP contribution is 2.27. The highest BCUT2D eigenvalue weighted by molar-refractivity contribution is 7.99. The van der Waals surface area contributed by atoms with E-state index in [0.717, 1.165) is 11.6 Å². The van der Waals surface area contributed by atoms with Crippen molar-refractivity contribution in [2.45, 2.75) is 23.6 Å². The molecule has 0 atom stereocenters. The number of hydrogen-bond donors (Lipinski definition) is 1. The Hall–Kier alpha value is -2.56. The number of aromatic nitrogens is 3. The van der Waals surface area contributed by atoms with E-state index in [9.17, 15) is 14.9 Å². The molecular formula is C20H20ClN5O3S2. The first-order valence-corrected chi connectivity index (χ1v) is 11.7. The fourth-order valence-corrected chi connectivity index (χ4v) is 4.44. The van der Waals surface area contributed by atoms with Gasteiger partial charge in [-0.15, -0.1) is 22.0 Å². The summed E-state index contributed by atoms with van der Waals surface area (Å²) in [7, 11) is 1.86. The van der Waals surface area contributed by atoms with Crippen molar-refractivity contribution in [2.75, 3.05) is 11.1 Å². The Kier molecular flexibility index (Phi) is 7.94. The van der Waals surface area contributed by atoms with Crippen LogP contribution < -0.4 is 5.32 Å². The number of nitrogens with zero attached hydrogens (tertiary/aromatic N) is 4. The van der Waals surface area contributed by atoms with E-state index in [2.05, 4.69) is 46.7 Å². The zero-order valence-corrected chi connectivity index (χ0v) is 19.3. The molecule has 0 fully saturated rings. The van der Waals surface area contributed by atoms with Gasteiger partial charge in [0.15, 0.2) is 5.16 Å². The Labute approximate surface area is 192 Å². The van der Waals surface area contributed by atoms with Gasteiger partial charge in [-0.3, -0.25) is 14.9 Å². The van der Waals surface area contributed by atoms with E-state index in [-0.39, 0.29) is 28.1 Å². The van der Waals surface area contributed by atoms with Gasteiger partial charge in [0.25, 0.3) is 5.69 Å². The quantitative estimate of drug-likeness (QED) is 0.267. The maximum absolute atomic E-state index is 12.3. The highest BCUT2D eigenvalue weighted by atomic mass is 35.5. The lowest BCUT2D eigenvalue weighted by Crippen LogP contribution is -2.15. The van der Waals surface area contributed by atoms with Crippen molar-refractivity contribution < 1.29 is 9.72 Å². The van der Waals surface area contributed by atoms with Crippen LogP contribution in [0.1, 0.15) is 17.0 Å².